The number of allylic oxidation sites excluding steroid dienone is 1. The second-order valence-electron chi connectivity index (χ2n) is 8.11. The summed E-state index contributed by atoms with van der Waals surface area (Å²) in [6.07, 6.45) is 7.13. The first kappa shape index (κ1) is 24.8. The van der Waals surface area contributed by atoms with E-state index in [1.807, 2.05) is 5.06 Å². The smallest absolute Gasteiger partial charge is 0.387 e. The summed E-state index contributed by atoms with van der Waals surface area (Å²) in [4.78, 5) is 23.0. The Bertz CT molecular complexity index is 1320. The number of fused-ring (bicyclic) bond motifs is 1. The first-order chi connectivity index (χ1) is 18.0. The van der Waals surface area contributed by atoms with Crippen molar-refractivity contribution >= 4 is 39.8 Å². The minimum Gasteiger partial charge on any atom is -0.434 e. The fourth-order valence-corrected chi connectivity index (χ4v) is 4.99. The second kappa shape index (κ2) is 11.0. The van der Waals surface area contributed by atoms with Gasteiger partial charge in [0.1, 0.15) is 11.6 Å². The number of hydrogen-bond donors (Lipinski definition) is 6. The molecule has 0 radical (unpaired) electrons. The summed E-state index contributed by atoms with van der Waals surface area (Å²) >= 11 is 1.38. The Morgan fingerprint density at radius 2 is 2.14 bits per heavy atom. The molecule has 1 atom stereocenters. The van der Waals surface area contributed by atoms with Crippen molar-refractivity contribution in [2.24, 2.45) is 4.99 Å². The molecule has 1 aromatic heterocycles. The van der Waals surface area contributed by atoms with Gasteiger partial charge in [0.05, 0.1) is 17.3 Å². The largest absolute Gasteiger partial charge is 0.434 e. The van der Waals surface area contributed by atoms with Gasteiger partial charge in [-0.15, -0.1) is 5.06 Å². The van der Waals surface area contributed by atoms with E-state index < -0.39 is 18.6 Å². The van der Waals surface area contributed by atoms with E-state index >= 15 is 0 Å². The summed E-state index contributed by atoms with van der Waals surface area (Å²) in [7, 11) is 0. The number of ether oxygens (including phenoxy) is 1. The van der Waals surface area contributed by atoms with E-state index in [0.717, 1.165) is 37.1 Å². The highest BCUT2D eigenvalue weighted by molar-refractivity contribution is 7.20. The molecule has 1 fully saturated rings. The molecular formula is C23H24F2N8O3S. The number of aliphatic imine (C=N–C) groups is 1. The Hall–Kier alpha value is -3.85. The maximum atomic E-state index is 13.3. The summed E-state index contributed by atoms with van der Waals surface area (Å²) in [5, 5.41) is 19.7. The van der Waals surface area contributed by atoms with E-state index in [4.69, 9.17) is 15.0 Å². The molecule has 6 N–H and O–H groups in total. The van der Waals surface area contributed by atoms with Gasteiger partial charge in [0, 0.05) is 72.7 Å². The number of carbonyl (C=O) groups is 1. The molecule has 194 valence electrons. The van der Waals surface area contributed by atoms with Crippen LogP contribution in [0.15, 0.2) is 58.8 Å². The van der Waals surface area contributed by atoms with Crippen LogP contribution in [0.3, 0.4) is 0 Å². The van der Waals surface area contributed by atoms with Crippen LogP contribution in [0.4, 0.5) is 8.78 Å². The van der Waals surface area contributed by atoms with E-state index in [0.29, 0.717) is 21.7 Å². The van der Waals surface area contributed by atoms with Gasteiger partial charge in [0.2, 0.25) is 5.06 Å². The fraction of sp³-hybridized carbons (Fsp3) is 0.261. The average molecular weight is 531 g/mol. The molecule has 0 spiro atoms. The average Bonchev–Trinajstić information content (AvgIpc) is 3.50. The first-order valence-corrected chi connectivity index (χ1v) is 12.2. The first-order valence-electron chi connectivity index (χ1n) is 11.4. The Morgan fingerprint density at radius 3 is 2.86 bits per heavy atom. The Kier molecular flexibility index (Phi) is 7.41. The third-order valence-corrected chi connectivity index (χ3v) is 6.69. The lowest BCUT2D eigenvalue weighted by Crippen LogP contribution is -2.44. The van der Waals surface area contributed by atoms with Gasteiger partial charge in [0.15, 0.2) is 0 Å². The van der Waals surface area contributed by atoms with E-state index in [2.05, 4.69) is 31.8 Å². The molecule has 2 aromatic rings. The SMILES string of the molecule is N=C/C(C(=O)NC1=CNNC1c1cc2sc(ON3CCNCC3)cc2cc1OC(F)F)=C1/N=CC=CN1. The van der Waals surface area contributed by atoms with Crippen LogP contribution in [0.1, 0.15) is 11.6 Å². The van der Waals surface area contributed by atoms with Gasteiger partial charge < -0.3 is 36.4 Å². The molecule has 1 amide bonds. The van der Waals surface area contributed by atoms with Crippen LogP contribution in [0.25, 0.3) is 10.1 Å². The summed E-state index contributed by atoms with van der Waals surface area (Å²) in [6.45, 7) is 0.0576. The lowest BCUT2D eigenvalue weighted by atomic mass is 10.0. The Balaban J connectivity index is 1.42. The standard InChI is InChI=1S/C23H24F2N8O3S/c24-23(25)35-17-8-13-9-19(36-33-6-4-27-5-7-33)37-18(13)10-14(17)20-16(12-30-32-20)31-22(34)15(11-26)21-28-2-1-3-29-21/h1-3,8-12,20,23,26-28,30,32H,4-7H2,(H,31,34)/b21-15-,26-11?. The highest BCUT2D eigenvalue weighted by Crippen LogP contribution is 2.40. The lowest BCUT2D eigenvalue weighted by molar-refractivity contribution is -0.116. The number of hydrogen-bond acceptors (Lipinski definition) is 11. The van der Waals surface area contributed by atoms with Crippen molar-refractivity contribution in [3.63, 3.8) is 0 Å². The number of nitrogens with zero attached hydrogens (tertiary/aromatic N) is 2. The highest BCUT2D eigenvalue weighted by Gasteiger charge is 2.29. The minimum absolute atomic E-state index is 0.000356. The number of halogens is 2. The molecular weight excluding hydrogens is 506 g/mol. The van der Waals surface area contributed by atoms with Gasteiger partial charge in [-0.05, 0) is 18.2 Å². The number of hydroxylamine groups is 2. The van der Waals surface area contributed by atoms with Crippen molar-refractivity contribution in [1.82, 2.24) is 31.9 Å². The predicted molar refractivity (Wildman–Crippen MR) is 135 cm³/mol. The number of benzene rings is 1. The number of piperazine rings is 1. The van der Waals surface area contributed by atoms with Crippen molar-refractivity contribution in [3.8, 4) is 10.8 Å². The van der Waals surface area contributed by atoms with Gasteiger partial charge >= 0.3 is 6.61 Å². The summed E-state index contributed by atoms with van der Waals surface area (Å²) in [6, 6.07) is 4.34. The number of thiophene rings is 1. The van der Waals surface area contributed by atoms with Crippen LogP contribution in [0.5, 0.6) is 10.8 Å². The quantitative estimate of drug-likeness (QED) is 0.225. The lowest BCUT2D eigenvalue weighted by Gasteiger charge is -2.25. The van der Waals surface area contributed by atoms with Crippen molar-refractivity contribution < 1.29 is 23.1 Å². The molecule has 1 aromatic carbocycles. The van der Waals surface area contributed by atoms with Gasteiger partial charge in [0.25, 0.3) is 5.91 Å². The third kappa shape index (κ3) is 5.61. The Labute approximate surface area is 214 Å². The number of alkyl halides is 2. The maximum absolute atomic E-state index is 13.3. The summed E-state index contributed by atoms with van der Waals surface area (Å²) in [5.41, 5.74) is 6.52. The zero-order valence-electron chi connectivity index (χ0n) is 19.4. The monoisotopic (exact) mass is 530 g/mol. The summed E-state index contributed by atoms with van der Waals surface area (Å²) < 4.78 is 32.3. The number of nitrogens with one attached hydrogen (secondary N) is 6. The maximum Gasteiger partial charge on any atom is 0.387 e. The Morgan fingerprint density at radius 1 is 1.30 bits per heavy atom. The normalized spacial score (nSPS) is 20.8. The van der Waals surface area contributed by atoms with Crippen molar-refractivity contribution in [2.45, 2.75) is 12.7 Å². The molecule has 14 heteroatoms. The van der Waals surface area contributed by atoms with Gasteiger partial charge in [-0.1, -0.05) is 11.3 Å². The zero-order valence-corrected chi connectivity index (χ0v) is 20.2. The van der Waals surface area contributed by atoms with Crippen LogP contribution in [0, 0.1) is 5.41 Å². The molecule has 3 aliphatic heterocycles. The number of amides is 1. The molecule has 0 saturated carbocycles. The zero-order chi connectivity index (χ0) is 25.8. The van der Waals surface area contributed by atoms with E-state index in [1.165, 1.54) is 29.8 Å². The molecule has 11 nitrogen and oxygen atoms in total. The molecule has 0 aliphatic carbocycles. The van der Waals surface area contributed by atoms with Gasteiger partial charge in [-0.2, -0.15) is 8.78 Å². The molecule has 0 bridgehead atoms. The van der Waals surface area contributed by atoms with Gasteiger partial charge in [-0.3, -0.25) is 4.79 Å². The number of hydrazine groups is 1. The molecule has 5 rings (SSSR count). The van der Waals surface area contributed by atoms with Crippen molar-refractivity contribution in [3.05, 3.63) is 59.3 Å². The van der Waals surface area contributed by atoms with E-state index in [-0.39, 0.29) is 17.1 Å². The van der Waals surface area contributed by atoms with Crippen LogP contribution in [0.2, 0.25) is 0 Å². The van der Waals surface area contributed by atoms with Gasteiger partial charge in [-0.25, -0.2) is 10.4 Å². The van der Waals surface area contributed by atoms with Crippen LogP contribution in [-0.4, -0.2) is 56.2 Å². The second-order valence-corrected chi connectivity index (χ2v) is 9.15. The van der Waals surface area contributed by atoms with Crippen LogP contribution < -0.4 is 36.4 Å². The highest BCUT2D eigenvalue weighted by atomic mass is 32.1. The van der Waals surface area contributed by atoms with Crippen molar-refractivity contribution in [1.29, 1.82) is 5.41 Å². The number of rotatable bonds is 8. The molecule has 1 saturated heterocycles. The third-order valence-electron chi connectivity index (χ3n) is 5.72. The molecule has 4 heterocycles. The summed E-state index contributed by atoms with van der Waals surface area (Å²) in [5.74, 6) is -0.415. The minimum atomic E-state index is -3.04. The van der Waals surface area contributed by atoms with E-state index in [9.17, 15) is 13.6 Å². The molecule has 37 heavy (non-hydrogen) atoms. The predicted octanol–water partition coefficient (Wildman–Crippen LogP) is 1.86. The fourth-order valence-electron chi connectivity index (χ4n) is 4.02. The molecule has 3 aliphatic rings. The topological polar surface area (TPSA) is 135 Å². The molecule has 1 unspecified atom stereocenters. The van der Waals surface area contributed by atoms with Crippen LogP contribution >= 0.6 is 11.3 Å². The number of carbonyl (C=O) groups excluding carboxylic acids is 1. The van der Waals surface area contributed by atoms with Crippen molar-refractivity contribution in [2.75, 3.05) is 26.2 Å². The van der Waals surface area contributed by atoms with E-state index in [1.54, 1.807) is 24.4 Å². The van der Waals surface area contributed by atoms with Crippen LogP contribution in [-0.2, 0) is 4.79 Å².